The number of carbonyl (C=O) groups is 1. The van der Waals surface area contributed by atoms with Crippen LogP contribution in [0.3, 0.4) is 0 Å². The van der Waals surface area contributed by atoms with Crippen LogP contribution in [-0.2, 0) is 13.0 Å². The molecule has 0 atom stereocenters. The van der Waals surface area contributed by atoms with E-state index in [2.05, 4.69) is 10.3 Å². The molecule has 0 spiro atoms. The molecule has 5 nitrogen and oxygen atoms in total. The maximum absolute atomic E-state index is 12.7. The molecule has 126 valence electrons. The zero-order chi connectivity index (χ0) is 17.6. The van der Waals surface area contributed by atoms with E-state index in [1.807, 2.05) is 43.3 Å². The fraction of sp³-hybridized carbons (Fsp3) is 0.150. The zero-order valence-corrected chi connectivity index (χ0v) is 14.0. The molecule has 0 fully saturated rings. The van der Waals surface area contributed by atoms with Gasteiger partial charge >= 0.3 is 0 Å². The first kappa shape index (κ1) is 16.6. The number of amides is 1. The Balaban J connectivity index is 1.87. The number of anilines is 1. The van der Waals surface area contributed by atoms with Crippen molar-refractivity contribution in [2.75, 3.05) is 5.32 Å². The fourth-order valence-corrected chi connectivity index (χ4v) is 2.64. The summed E-state index contributed by atoms with van der Waals surface area (Å²) in [6.45, 7) is 2.38. The van der Waals surface area contributed by atoms with Gasteiger partial charge in [-0.2, -0.15) is 0 Å². The minimum Gasteiger partial charge on any atom is -0.316 e. The maximum Gasteiger partial charge on any atom is 0.277 e. The molecule has 3 aromatic rings. The Bertz CT molecular complexity index is 919. The van der Waals surface area contributed by atoms with Gasteiger partial charge in [0.1, 0.15) is 11.5 Å². The smallest absolute Gasteiger partial charge is 0.277 e. The first-order chi connectivity index (χ1) is 12.2. The summed E-state index contributed by atoms with van der Waals surface area (Å²) >= 11 is 0. The summed E-state index contributed by atoms with van der Waals surface area (Å²) in [5, 5.41) is 2.66. The van der Waals surface area contributed by atoms with Gasteiger partial charge in [-0.3, -0.25) is 14.2 Å². The van der Waals surface area contributed by atoms with Gasteiger partial charge in [-0.15, -0.1) is 0 Å². The van der Waals surface area contributed by atoms with Gasteiger partial charge in [0.05, 0.1) is 6.20 Å². The highest BCUT2D eigenvalue weighted by Crippen LogP contribution is 2.09. The van der Waals surface area contributed by atoms with E-state index in [0.29, 0.717) is 24.4 Å². The number of hydrogen-bond donors (Lipinski definition) is 1. The summed E-state index contributed by atoms with van der Waals surface area (Å²) in [6, 6.07) is 18.6. The second-order valence-corrected chi connectivity index (χ2v) is 5.62. The van der Waals surface area contributed by atoms with E-state index in [9.17, 15) is 9.59 Å². The molecule has 0 radical (unpaired) electrons. The normalized spacial score (nSPS) is 10.4. The quantitative estimate of drug-likeness (QED) is 0.780. The predicted octanol–water partition coefficient (Wildman–Crippen LogP) is 3.11. The number of nitrogens with one attached hydrogen (secondary N) is 1. The third-order valence-electron chi connectivity index (χ3n) is 3.94. The lowest BCUT2D eigenvalue weighted by molar-refractivity contribution is 0.102. The van der Waals surface area contributed by atoms with Gasteiger partial charge in [0.25, 0.3) is 11.5 Å². The SMILES string of the molecule is CCn1c(Cc2ccccc2)ncc(NC(=O)c2ccccc2)c1=O. The van der Waals surface area contributed by atoms with Crippen LogP contribution < -0.4 is 10.9 Å². The topological polar surface area (TPSA) is 64.0 Å². The van der Waals surface area contributed by atoms with Gasteiger partial charge < -0.3 is 5.32 Å². The molecule has 1 aromatic heterocycles. The van der Waals surface area contributed by atoms with Crippen molar-refractivity contribution in [2.45, 2.75) is 19.9 Å². The number of carbonyl (C=O) groups excluding carboxylic acids is 1. The predicted molar refractivity (Wildman–Crippen MR) is 97.8 cm³/mol. The molecule has 0 saturated carbocycles. The monoisotopic (exact) mass is 333 g/mol. The van der Waals surface area contributed by atoms with Crippen LogP contribution in [0, 0.1) is 0 Å². The largest absolute Gasteiger partial charge is 0.316 e. The minimum absolute atomic E-state index is 0.188. The molecule has 5 heteroatoms. The van der Waals surface area contributed by atoms with Gasteiger partial charge in [-0.25, -0.2) is 4.98 Å². The lowest BCUT2D eigenvalue weighted by atomic mass is 10.1. The lowest BCUT2D eigenvalue weighted by Gasteiger charge is -2.12. The Hall–Kier alpha value is -3.21. The molecule has 0 aliphatic carbocycles. The van der Waals surface area contributed by atoms with Crippen LogP contribution in [0.15, 0.2) is 71.7 Å². The molecule has 1 N–H and O–H groups in total. The first-order valence-corrected chi connectivity index (χ1v) is 8.18. The van der Waals surface area contributed by atoms with Crippen LogP contribution >= 0.6 is 0 Å². The third-order valence-corrected chi connectivity index (χ3v) is 3.94. The van der Waals surface area contributed by atoms with Crippen LogP contribution in [0.25, 0.3) is 0 Å². The summed E-state index contributed by atoms with van der Waals surface area (Å²) in [5.41, 5.74) is 1.52. The van der Waals surface area contributed by atoms with Crippen molar-refractivity contribution < 1.29 is 4.79 Å². The van der Waals surface area contributed by atoms with Crippen molar-refractivity contribution in [3.63, 3.8) is 0 Å². The average molecular weight is 333 g/mol. The Morgan fingerprint density at radius 1 is 1.04 bits per heavy atom. The molecule has 0 bridgehead atoms. The summed E-state index contributed by atoms with van der Waals surface area (Å²) in [5.74, 6) is 0.356. The molecule has 0 unspecified atom stereocenters. The van der Waals surface area contributed by atoms with Crippen molar-refractivity contribution in [3.8, 4) is 0 Å². The van der Waals surface area contributed by atoms with Gasteiger partial charge in [0, 0.05) is 18.5 Å². The van der Waals surface area contributed by atoms with E-state index in [1.165, 1.54) is 6.20 Å². The molecule has 3 rings (SSSR count). The molecule has 0 saturated heterocycles. The first-order valence-electron chi connectivity index (χ1n) is 8.18. The molecular weight excluding hydrogens is 314 g/mol. The molecule has 0 aliphatic rings. The molecule has 2 aromatic carbocycles. The van der Waals surface area contributed by atoms with E-state index in [1.54, 1.807) is 28.8 Å². The number of benzene rings is 2. The van der Waals surface area contributed by atoms with Crippen molar-refractivity contribution in [2.24, 2.45) is 0 Å². The Morgan fingerprint density at radius 3 is 2.32 bits per heavy atom. The number of nitrogens with zero attached hydrogens (tertiary/aromatic N) is 2. The van der Waals surface area contributed by atoms with E-state index in [0.717, 1.165) is 5.56 Å². The van der Waals surface area contributed by atoms with Crippen LogP contribution in [-0.4, -0.2) is 15.5 Å². The van der Waals surface area contributed by atoms with Crippen LogP contribution in [0.1, 0.15) is 28.7 Å². The van der Waals surface area contributed by atoms with Gasteiger partial charge in [0.2, 0.25) is 0 Å². The maximum atomic E-state index is 12.7. The Kier molecular flexibility index (Phi) is 5.04. The van der Waals surface area contributed by atoms with E-state index in [-0.39, 0.29) is 17.2 Å². The molecule has 1 heterocycles. The Morgan fingerprint density at radius 2 is 1.68 bits per heavy atom. The van der Waals surface area contributed by atoms with Crippen LogP contribution in [0.5, 0.6) is 0 Å². The lowest BCUT2D eigenvalue weighted by Crippen LogP contribution is -2.29. The molecule has 1 amide bonds. The van der Waals surface area contributed by atoms with E-state index in [4.69, 9.17) is 0 Å². The number of rotatable bonds is 5. The summed E-state index contributed by atoms with van der Waals surface area (Å²) in [6.07, 6.45) is 2.00. The van der Waals surface area contributed by atoms with Gasteiger partial charge in [-0.05, 0) is 24.6 Å². The van der Waals surface area contributed by atoms with Gasteiger partial charge in [0.15, 0.2) is 0 Å². The molecule has 0 aliphatic heterocycles. The molecular formula is C20H19N3O2. The van der Waals surface area contributed by atoms with E-state index >= 15 is 0 Å². The Labute approximate surface area is 146 Å². The van der Waals surface area contributed by atoms with Crippen LogP contribution in [0.2, 0.25) is 0 Å². The standard InChI is InChI=1S/C20H19N3O2/c1-2-23-18(13-15-9-5-3-6-10-15)21-14-17(20(23)25)22-19(24)16-11-7-4-8-12-16/h3-12,14H,2,13H2,1H3,(H,22,24). The second kappa shape index (κ2) is 7.57. The summed E-state index contributed by atoms with van der Waals surface area (Å²) in [4.78, 5) is 29.3. The minimum atomic E-state index is -0.321. The van der Waals surface area contributed by atoms with Crippen LogP contribution in [0.4, 0.5) is 5.69 Å². The number of aromatic nitrogens is 2. The van der Waals surface area contributed by atoms with Crippen molar-refractivity contribution in [1.29, 1.82) is 0 Å². The van der Waals surface area contributed by atoms with Crippen molar-refractivity contribution in [1.82, 2.24) is 9.55 Å². The summed E-state index contributed by atoms with van der Waals surface area (Å²) in [7, 11) is 0. The van der Waals surface area contributed by atoms with Crippen molar-refractivity contribution >= 4 is 11.6 Å². The average Bonchev–Trinajstić information content (AvgIpc) is 2.66. The third kappa shape index (κ3) is 3.83. The highest BCUT2D eigenvalue weighted by atomic mass is 16.2. The second-order valence-electron chi connectivity index (χ2n) is 5.62. The molecule has 25 heavy (non-hydrogen) atoms. The summed E-state index contributed by atoms with van der Waals surface area (Å²) < 4.78 is 1.59. The highest BCUT2D eigenvalue weighted by Gasteiger charge is 2.13. The fourth-order valence-electron chi connectivity index (χ4n) is 2.64. The van der Waals surface area contributed by atoms with Crippen molar-refractivity contribution in [3.05, 3.63) is 94.2 Å². The van der Waals surface area contributed by atoms with Gasteiger partial charge in [-0.1, -0.05) is 48.5 Å². The highest BCUT2D eigenvalue weighted by molar-refractivity contribution is 6.04. The van der Waals surface area contributed by atoms with E-state index < -0.39 is 0 Å². The zero-order valence-electron chi connectivity index (χ0n) is 14.0. The number of hydrogen-bond acceptors (Lipinski definition) is 3.